The molecule has 1 heterocycles. The lowest BCUT2D eigenvalue weighted by Crippen LogP contribution is -2.35. The zero-order valence-electron chi connectivity index (χ0n) is 20.7. The molecule has 1 aliphatic rings. The number of aliphatic hydroxyl groups is 1. The number of ketones is 1. The van der Waals surface area contributed by atoms with Crippen molar-refractivity contribution in [2.24, 2.45) is 0 Å². The summed E-state index contributed by atoms with van der Waals surface area (Å²) in [5, 5.41) is 11.6. The van der Waals surface area contributed by atoms with E-state index in [4.69, 9.17) is 16.3 Å². The SMILES string of the molecule is CCOc1ccc(/C(O)=C2\C(=O)C(=O)N(CCN(C)C)[C@@H]2c2ccc(C(C)(C)C)cc2)cc1Cl. The number of aliphatic hydroxyl groups excluding tert-OH is 1. The van der Waals surface area contributed by atoms with Crippen LogP contribution in [-0.2, 0) is 15.0 Å². The van der Waals surface area contributed by atoms with Crippen LogP contribution >= 0.6 is 11.6 Å². The number of benzene rings is 2. The summed E-state index contributed by atoms with van der Waals surface area (Å²) in [7, 11) is 3.82. The summed E-state index contributed by atoms with van der Waals surface area (Å²) in [5.41, 5.74) is 2.29. The highest BCUT2D eigenvalue weighted by Gasteiger charge is 2.46. The van der Waals surface area contributed by atoms with Gasteiger partial charge in [0.05, 0.1) is 23.2 Å². The average molecular weight is 485 g/mol. The average Bonchev–Trinajstić information content (AvgIpc) is 3.03. The molecule has 0 radical (unpaired) electrons. The first-order valence-electron chi connectivity index (χ1n) is 11.4. The zero-order chi connectivity index (χ0) is 25.2. The van der Waals surface area contributed by atoms with Crippen molar-refractivity contribution in [1.82, 2.24) is 9.80 Å². The molecule has 1 aliphatic heterocycles. The highest BCUT2D eigenvalue weighted by Crippen LogP contribution is 2.40. The maximum Gasteiger partial charge on any atom is 0.295 e. The van der Waals surface area contributed by atoms with Gasteiger partial charge in [0.1, 0.15) is 11.5 Å². The predicted molar refractivity (Wildman–Crippen MR) is 135 cm³/mol. The van der Waals surface area contributed by atoms with E-state index >= 15 is 0 Å². The normalized spacial score (nSPS) is 18.1. The molecule has 0 aliphatic carbocycles. The molecule has 1 N–H and O–H groups in total. The topological polar surface area (TPSA) is 70.1 Å². The number of carbonyl (C=O) groups is 2. The van der Waals surface area contributed by atoms with Crippen LogP contribution in [0.2, 0.25) is 5.02 Å². The second kappa shape index (κ2) is 10.2. The molecule has 2 aromatic carbocycles. The number of likely N-dealkylation sites (tertiary alicyclic amines) is 1. The van der Waals surface area contributed by atoms with Gasteiger partial charge in [-0.05, 0) is 55.8 Å². The van der Waals surface area contributed by atoms with Gasteiger partial charge in [-0.15, -0.1) is 0 Å². The first kappa shape index (κ1) is 25.8. The molecule has 1 amide bonds. The molecule has 1 atom stereocenters. The van der Waals surface area contributed by atoms with Gasteiger partial charge in [-0.3, -0.25) is 9.59 Å². The largest absolute Gasteiger partial charge is 0.507 e. The lowest BCUT2D eigenvalue weighted by Gasteiger charge is -2.27. The number of amides is 1. The summed E-state index contributed by atoms with van der Waals surface area (Å²) in [6, 6.07) is 12.0. The minimum Gasteiger partial charge on any atom is -0.507 e. The Bertz CT molecular complexity index is 1100. The molecule has 0 saturated carbocycles. The van der Waals surface area contributed by atoms with Crippen LogP contribution in [0.4, 0.5) is 0 Å². The van der Waals surface area contributed by atoms with Crippen molar-refractivity contribution >= 4 is 29.1 Å². The molecule has 0 aromatic heterocycles. The summed E-state index contributed by atoms with van der Waals surface area (Å²) < 4.78 is 5.47. The quantitative estimate of drug-likeness (QED) is 0.339. The lowest BCUT2D eigenvalue weighted by molar-refractivity contribution is -0.140. The van der Waals surface area contributed by atoms with Crippen LogP contribution in [0.1, 0.15) is 50.4 Å². The second-order valence-corrected chi connectivity index (χ2v) is 10.2. The minimum atomic E-state index is -0.703. The minimum absolute atomic E-state index is 0.0374. The van der Waals surface area contributed by atoms with Crippen molar-refractivity contribution in [2.45, 2.75) is 39.2 Å². The Morgan fingerprint density at radius 2 is 1.76 bits per heavy atom. The first-order chi connectivity index (χ1) is 16.0. The molecule has 2 aromatic rings. The molecular formula is C27H33ClN2O4. The molecule has 1 fully saturated rings. The summed E-state index contributed by atoms with van der Waals surface area (Å²) >= 11 is 6.32. The Labute approximate surface area is 206 Å². The molecule has 3 rings (SSSR count). The predicted octanol–water partition coefficient (Wildman–Crippen LogP) is 5.02. The number of hydrogen-bond donors (Lipinski definition) is 1. The van der Waals surface area contributed by atoms with Crippen LogP contribution in [0, 0.1) is 0 Å². The summed E-state index contributed by atoms with van der Waals surface area (Å²) in [4.78, 5) is 29.7. The number of nitrogens with zero attached hydrogens (tertiary/aromatic N) is 2. The standard InChI is InChI=1S/C27H33ClN2O4/c1-7-34-21-13-10-18(16-20(21)28)24(31)22-23(17-8-11-19(12-9-17)27(2,3)4)30(15-14-29(5)6)26(33)25(22)32/h8-13,16,23,31H,7,14-15H2,1-6H3/b24-22+/t23-/m1/s1. The van der Waals surface area contributed by atoms with Crippen LogP contribution in [0.25, 0.3) is 5.76 Å². The molecule has 1 saturated heterocycles. The second-order valence-electron chi connectivity index (χ2n) is 9.75. The van der Waals surface area contributed by atoms with E-state index in [0.29, 0.717) is 36.0 Å². The maximum atomic E-state index is 13.2. The van der Waals surface area contributed by atoms with E-state index in [9.17, 15) is 14.7 Å². The van der Waals surface area contributed by atoms with E-state index in [1.807, 2.05) is 50.2 Å². The lowest BCUT2D eigenvalue weighted by atomic mass is 9.85. The third kappa shape index (κ3) is 5.29. The van der Waals surface area contributed by atoms with Crippen molar-refractivity contribution in [3.05, 3.63) is 69.8 Å². The van der Waals surface area contributed by atoms with Crippen molar-refractivity contribution in [2.75, 3.05) is 33.8 Å². The van der Waals surface area contributed by atoms with Crippen molar-refractivity contribution in [3.8, 4) is 5.75 Å². The Balaban J connectivity index is 2.13. The van der Waals surface area contributed by atoms with Gasteiger partial charge in [-0.2, -0.15) is 0 Å². The molecule has 6 nitrogen and oxygen atoms in total. The summed E-state index contributed by atoms with van der Waals surface area (Å²) in [6.07, 6.45) is 0. The van der Waals surface area contributed by atoms with Crippen LogP contribution in [-0.4, -0.2) is 60.4 Å². The molecule has 0 unspecified atom stereocenters. The summed E-state index contributed by atoms with van der Waals surface area (Å²) in [6.45, 7) is 9.61. The van der Waals surface area contributed by atoms with Gasteiger partial charge in [0, 0.05) is 18.7 Å². The fourth-order valence-electron chi connectivity index (χ4n) is 4.01. The van der Waals surface area contributed by atoms with E-state index in [1.54, 1.807) is 18.2 Å². The van der Waals surface area contributed by atoms with E-state index < -0.39 is 17.7 Å². The van der Waals surface area contributed by atoms with Gasteiger partial charge in [0.15, 0.2) is 0 Å². The zero-order valence-corrected chi connectivity index (χ0v) is 21.4. The third-order valence-electron chi connectivity index (χ3n) is 5.93. The van der Waals surface area contributed by atoms with Gasteiger partial charge < -0.3 is 19.6 Å². The molecule has 182 valence electrons. The maximum absolute atomic E-state index is 13.2. The van der Waals surface area contributed by atoms with Crippen LogP contribution in [0.15, 0.2) is 48.0 Å². The molecule has 34 heavy (non-hydrogen) atoms. The first-order valence-corrected chi connectivity index (χ1v) is 11.8. The van der Waals surface area contributed by atoms with E-state index in [0.717, 1.165) is 11.1 Å². The molecule has 0 bridgehead atoms. The van der Waals surface area contributed by atoms with Gasteiger partial charge in [0.25, 0.3) is 11.7 Å². The molecule has 7 heteroatoms. The van der Waals surface area contributed by atoms with E-state index in [-0.39, 0.29) is 16.7 Å². The van der Waals surface area contributed by atoms with Crippen LogP contribution < -0.4 is 4.74 Å². The van der Waals surface area contributed by atoms with Crippen LogP contribution in [0.5, 0.6) is 5.75 Å². The highest BCUT2D eigenvalue weighted by molar-refractivity contribution is 6.46. The number of ether oxygens (including phenoxy) is 1. The molecular weight excluding hydrogens is 452 g/mol. The fraction of sp³-hybridized carbons (Fsp3) is 0.407. The number of carbonyl (C=O) groups excluding carboxylic acids is 2. The number of likely N-dealkylation sites (N-methyl/N-ethyl adjacent to an activating group) is 1. The monoisotopic (exact) mass is 484 g/mol. The number of rotatable bonds is 7. The van der Waals surface area contributed by atoms with Crippen molar-refractivity contribution < 1.29 is 19.4 Å². The Kier molecular flexibility index (Phi) is 7.74. The summed E-state index contributed by atoms with van der Waals surface area (Å²) in [5.74, 6) is -1.08. The molecule has 0 spiro atoms. The van der Waals surface area contributed by atoms with E-state index in [1.165, 1.54) is 4.90 Å². The Morgan fingerprint density at radius 3 is 2.29 bits per heavy atom. The van der Waals surface area contributed by atoms with Gasteiger partial charge in [-0.1, -0.05) is 56.6 Å². The third-order valence-corrected chi connectivity index (χ3v) is 6.22. The number of Topliss-reactive ketones (excluding diaryl/α,β-unsaturated/α-hetero) is 1. The smallest absolute Gasteiger partial charge is 0.295 e. The van der Waals surface area contributed by atoms with E-state index in [2.05, 4.69) is 20.8 Å². The van der Waals surface area contributed by atoms with Gasteiger partial charge in [0.2, 0.25) is 0 Å². The Morgan fingerprint density at radius 1 is 1.12 bits per heavy atom. The van der Waals surface area contributed by atoms with Crippen molar-refractivity contribution in [3.63, 3.8) is 0 Å². The highest BCUT2D eigenvalue weighted by atomic mass is 35.5. The van der Waals surface area contributed by atoms with Gasteiger partial charge in [-0.25, -0.2) is 0 Å². The van der Waals surface area contributed by atoms with Crippen LogP contribution in [0.3, 0.4) is 0 Å². The number of hydrogen-bond acceptors (Lipinski definition) is 5. The Hall–Kier alpha value is -2.83. The number of halogens is 1. The fourth-order valence-corrected chi connectivity index (χ4v) is 4.24. The van der Waals surface area contributed by atoms with Gasteiger partial charge >= 0.3 is 0 Å². The van der Waals surface area contributed by atoms with Crippen molar-refractivity contribution in [1.29, 1.82) is 0 Å².